The van der Waals surface area contributed by atoms with E-state index in [-0.39, 0.29) is 12.5 Å². The molecule has 0 aliphatic carbocycles. The van der Waals surface area contributed by atoms with Crippen LogP contribution in [0.5, 0.6) is 0 Å². The van der Waals surface area contributed by atoms with Gasteiger partial charge in [-0.25, -0.2) is 9.59 Å². The molecule has 3 N–H and O–H groups in total. The molecular formula is C20H25N3O6. The molecule has 0 saturated carbocycles. The van der Waals surface area contributed by atoms with Gasteiger partial charge in [-0.05, 0) is 31.7 Å². The summed E-state index contributed by atoms with van der Waals surface area (Å²) in [5, 5.41) is 21.4. The minimum atomic E-state index is -1.19. The van der Waals surface area contributed by atoms with Crippen molar-refractivity contribution in [3.05, 3.63) is 35.9 Å². The Bertz CT molecular complexity index is 799. The van der Waals surface area contributed by atoms with Gasteiger partial charge in [-0.3, -0.25) is 14.5 Å². The molecule has 2 heterocycles. The third-order valence-corrected chi connectivity index (χ3v) is 5.69. The number of benzene rings is 1. The monoisotopic (exact) mass is 403 g/mol. The van der Waals surface area contributed by atoms with E-state index < -0.39 is 42.0 Å². The van der Waals surface area contributed by atoms with E-state index in [9.17, 15) is 29.4 Å². The molecule has 156 valence electrons. The maximum atomic E-state index is 13.0. The molecule has 0 aromatic heterocycles. The van der Waals surface area contributed by atoms with E-state index in [4.69, 9.17) is 0 Å². The number of rotatable bonds is 5. The van der Waals surface area contributed by atoms with Gasteiger partial charge in [0, 0.05) is 19.0 Å². The third kappa shape index (κ3) is 4.18. The molecule has 0 bridgehead atoms. The van der Waals surface area contributed by atoms with Crippen molar-refractivity contribution in [2.24, 2.45) is 0 Å². The standard InChI is InChI=1S/C20H25N3O6/c1-12(18(25)22-10-5-8-15(22)19(26)27)21-17(24)16-14(9-11-23(16)20(28)29)13-6-3-2-4-7-13/h2-4,6-7,12,14-16H,5,8-11H2,1H3,(H,21,24)(H,26,27)(H,28,29)/t12-,14?,15-,16-/m0/s1. The minimum Gasteiger partial charge on any atom is -0.480 e. The van der Waals surface area contributed by atoms with Gasteiger partial charge in [-0.2, -0.15) is 0 Å². The number of carboxylic acid groups (broad SMARTS) is 2. The van der Waals surface area contributed by atoms with E-state index >= 15 is 0 Å². The van der Waals surface area contributed by atoms with Gasteiger partial charge < -0.3 is 20.4 Å². The van der Waals surface area contributed by atoms with E-state index in [1.807, 2.05) is 30.3 Å². The number of carboxylic acids is 1. The number of nitrogens with one attached hydrogen (secondary N) is 1. The normalized spacial score (nSPS) is 24.9. The average molecular weight is 403 g/mol. The molecule has 1 aromatic rings. The number of hydrogen-bond acceptors (Lipinski definition) is 4. The van der Waals surface area contributed by atoms with E-state index in [0.29, 0.717) is 25.8 Å². The van der Waals surface area contributed by atoms with Crippen molar-refractivity contribution in [1.82, 2.24) is 15.1 Å². The summed E-state index contributed by atoms with van der Waals surface area (Å²) in [6.45, 7) is 2.05. The maximum Gasteiger partial charge on any atom is 0.408 e. The summed E-state index contributed by atoms with van der Waals surface area (Å²) in [5.41, 5.74) is 0.862. The summed E-state index contributed by atoms with van der Waals surface area (Å²) >= 11 is 0. The van der Waals surface area contributed by atoms with Crippen LogP contribution < -0.4 is 5.32 Å². The molecule has 0 spiro atoms. The van der Waals surface area contributed by atoms with Crippen molar-refractivity contribution >= 4 is 23.9 Å². The molecule has 29 heavy (non-hydrogen) atoms. The first-order valence-corrected chi connectivity index (χ1v) is 9.69. The van der Waals surface area contributed by atoms with Crippen LogP contribution >= 0.6 is 0 Å². The molecule has 9 heteroatoms. The van der Waals surface area contributed by atoms with Crippen molar-refractivity contribution in [1.29, 1.82) is 0 Å². The van der Waals surface area contributed by atoms with E-state index in [0.717, 1.165) is 10.5 Å². The van der Waals surface area contributed by atoms with Crippen molar-refractivity contribution in [3.63, 3.8) is 0 Å². The Labute approximate surface area is 168 Å². The fourth-order valence-corrected chi connectivity index (χ4v) is 4.28. The van der Waals surface area contributed by atoms with Crippen LogP contribution in [0.25, 0.3) is 0 Å². The molecular weight excluding hydrogens is 378 g/mol. The predicted molar refractivity (Wildman–Crippen MR) is 102 cm³/mol. The van der Waals surface area contributed by atoms with Crippen LogP contribution in [0, 0.1) is 0 Å². The topological polar surface area (TPSA) is 127 Å². The number of carbonyl (C=O) groups excluding carboxylic acids is 2. The van der Waals surface area contributed by atoms with E-state index in [1.54, 1.807) is 0 Å². The van der Waals surface area contributed by atoms with Crippen LogP contribution in [0.15, 0.2) is 30.3 Å². The largest absolute Gasteiger partial charge is 0.480 e. The van der Waals surface area contributed by atoms with Crippen LogP contribution in [0.3, 0.4) is 0 Å². The number of likely N-dealkylation sites (tertiary alicyclic amines) is 2. The Hall–Kier alpha value is -3.10. The lowest BCUT2D eigenvalue weighted by atomic mass is 9.91. The van der Waals surface area contributed by atoms with Gasteiger partial charge in [0.15, 0.2) is 0 Å². The molecule has 2 saturated heterocycles. The summed E-state index contributed by atoms with van der Waals surface area (Å²) in [4.78, 5) is 51.0. The summed E-state index contributed by atoms with van der Waals surface area (Å²) < 4.78 is 0. The number of nitrogens with zero attached hydrogens (tertiary/aromatic N) is 2. The molecule has 4 atom stereocenters. The van der Waals surface area contributed by atoms with Gasteiger partial charge in [-0.15, -0.1) is 0 Å². The Kier molecular flexibility index (Phi) is 6.05. The first-order chi connectivity index (χ1) is 13.8. The van der Waals surface area contributed by atoms with Gasteiger partial charge in [-0.1, -0.05) is 30.3 Å². The Morgan fingerprint density at radius 1 is 1.03 bits per heavy atom. The number of hydrogen-bond donors (Lipinski definition) is 3. The lowest BCUT2D eigenvalue weighted by Crippen LogP contribution is -2.55. The highest BCUT2D eigenvalue weighted by Gasteiger charge is 2.44. The molecule has 2 aliphatic rings. The summed E-state index contributed by atoms with van der Waals surface area (Å²) in [6.07, 6.45) is 0.291. The van der Waals surface area contributed by atoms with Crippen LogP contribution in [-0.2, 0) is 14.4 Å². The van der Waals surface area contributed by atoms with Crippen molar-refractivity contribution in [3.8, 4) is 0 Å². The number of carbonyl (C=O) groups is 4. The first-order valence-electron chi connectivity index (χ1n) is 9.69. The van der Waals surface area contributed by atoms with E-state index in [2.05, 4.69) is 5.32 Å². The van der Waals surface area contributed by atoms with Gasteiger partial charge in [0.05, 0.1) is 0 Å². The lowest BCUT2D eigenvalue weighted by Gasteiger charge is -2.29. The first kappa shape index (κ1) is 20.6. The summed E-state index contributed by atoms with van der Waals surface area (Å²) in [5.74, 6) is -2.40. The molecule has 3 amide bonds. The second kappa shape index (κ2) is 8.50. The minimum absolute atomic E-state index is 0.225. The number of aliphatic carboxylic acids is 1. The SMILES string of the molecule is C[C@H](NC(=O)[C@@H]1C(c2ccccc2)CCN1C(=O)O)C(=O)N1CCC[C@H]1C(=O)O. The smallest absolute Gasteiger partial charge is 0.408 e. The second-order valence-corrected chi connectivity index (χ2v) is 7.48. The van der Waals surface area contributed by atoms with Crippen molar-refractivity contribution in [2.45, 2.75) is 50.2 Å². The van der Waals surface area contributed by atoms with Crippen LogP contribution in [0.1, 0.15) is 37.7 Å². The molecule has 2 fully saturated rings. The second-order valence-electron chi connectivity index (χ2n) is 7.48. The lowest BCUT2D eigenvalue weighted by molar-refractivity contribution is -0.149. The third-order valence-electron chi connectivity index (χ3n) is 5.69. The fraction of sp³-hybridized carbons (Fsp3) is 0.500. The highest BCUT2D eigenvalue weighted by atomic mass is 16.4. The maximum absolute atomic E-state index is 13.0. The molecule has 0 radical (unpaired) electrons. The predicted octanol–water partition coefficient (Wildman–Crippen LogP) is 1.10. The molecule has 2 aliphatic heterocycles. The van der Waals surface area contributed by atoms with Gasteiger partial charge in [0.2, 0.25) is 11.8 Å². The zero-order valence-corrected chi connectivity index (χ0v) is 16.2. The molecule has 3 rings (SSSR count). The molecule has 1 aromatic carbocycles. The van der Waals surface area contributed by atoms with Crippen molar-refractivity contribution in [2.75, 3.05) is 13.1 Å². The van der Waals surface area contributed by atoms with E-state index in [1.165, 1.54) is 11.8 Å². The highest BCUT2D eigenvalue weighted by molar-refractivity contribution is 5.93. The van der Waals surface area contributed by atoms with Crippen LogP contribution in [-0.4, -0.2) is 75.1 Å². The van der Waals surface area contributed by atoms with Crippen LogP contribution in [0.4, 0.5) is 4.79 Å². The Morgan fingerprint density at radius 2 is 1.72 bits per heavy atom. The zero-order chi connectivity index (χ0) is 21.1. The fourth-order valence-electron chi connectivity index (χ4n) is 4.28. The Balaban J connectivity index is 1.75. The summed E-state index contributed by atoms with van der Waals surface area (Å²) in [6, 6.07) is 6.44. The molecule has 1 unspecified atom stereocenters. The van der Waals surface area contributed by atoms with Gasteiger partial charge in [0.25, 0.3) is 0 Å². The molecule has 9 nitrogen and oxygen atoms in total. The van der Waals surface area contributed by atoms with Gasteiger partial charge >= 0.3 is 12.1 Å². The quantitative estimate of drug-likeness (QED) is 0.676. The summed E-state index contributed by atoms with van der Waals surface area (Å²) in [7, 11) is 0. The highest BCUT2D eigenvalue weighted by Crippen LogP contribution is 2.33. The number of amides is 3. The van der Waals surface area contributed by atoms with Crippen molar-refractivity contribution < 1.29 is 29.4 Å². The average Bonchev–Trinajstić information content (AvgIpc) is 3.35. The van der Waals surface area contributed by atoms with Gasteiger partial charge in [0.1, 0.15) is 18.1 Å². The zero-order valence-electron chi connectivity index (χ0n) is 16.2. The Morgan fingerprint density at radius 3 is 2.34 bits per heavy atom. The van der Waals surface area contributed by atoms with Crippen LogP contribution in [0.2, 0.25) is 0 Å².